The summed E-state index contributed by atoms with van der Waals surface area (Å²) in [6, 6.07) is 6.32. The van der Waals surface area contributed by atoms with Gasteiger partial charge in [-0.3, -0.25) is 0 Å². The number of aryl methyl sites for hydroxylation is 1. The van der Waals surface area contributed by atoms with Gasteiger partial charge in [-0.1, -0.05) is 6.92 Å². The lowest BCUT2D eigenvalue weighted by molar-refractivity contribution is 0.164. The summed E-state index contributed by atoms with van der Waals surface area (Å²) in [6.45, 7) is 5.93. The van der Waals surface area contributed by atoms with Crippen LogP contribution in [0.4, 0.5) is 5.69 Å². The zero-order chi connectivity index (χ0) is 12.3. The normalized spacial score (nSPS) is 12.9. The molecule has 1 N–H and O–H groups in total. The Morgan fingerprint density at radius 1 is 1.47 bits per heavy atom. The van der Waals surface area contributed by atoms with Crippen molar-refractivity contribution in [2.75, 3.05) is 25.6 Å². The first kappa shape index (κ1) is 12.3. The van der Waals surface area contributed by atoms with Gasteiger partial charge in [0.1, 0.15) is 0 Å². The lowest BCUT2D eigenvalue weighted by atomic mass is 10.2. The molecular formula is C13H18N2OS. The Morgan fingerprint density at radius 3 is 3.06 bits per heavy atom. The van der Waals surface area contributed by atoms with Crippen molar-refractivity contribution in [3.8, 4) is 0 Å². The Labute approximate surface area is 106 Å². The number of hydrogen-bond donors (Lipinski definition) is 1. The van der Waals surface area contributed by atoms with E-state index in [1.54, 1.807) is 18.4 Å². The molecule has 0 radical (unpaired) electrons. The van der Waals surface area contributed by atoms with Gasteiger partial charge < -0.3 is 10.1 Å². The fourth-order valence-corrected chi connectivity index (χ4v) is 2.65. The van der Waals surface area contributed by atoms with Gasteiger partial charge in [0.25, 0.3) is 0 Å². The molecule has 1 unspecified atom stereocenters. The Bertz CT molecular complexity index is 495. The highest BCUT2D eigenvalue weighted by Gasteiger charge is 2.03. The topological polar surface area (TPSA) is 34.1 Å². The first-order valence-electron chi connectivity index (χ1n) is 5.79. The number of benzene rings is 1. The van der Waals surface area contributed by atoms with Crippen LogP contribution < -0.4 is 5.32 Å². The number of rotatable bonds is 5. The summed E-state index contributed by atoms with van der Waals surface area (Å²) in [5.74, 6) is 0.513. The van der Waals surface area contributed by atoms with Crippen LogP contribution in [-0.4, -0.2) is 25.2 Å². The molecule has 0 aliphatic heterocycles. The highest BCUT2D eigenvalue weighted by atomic mass is 32.1. The summed E-state index contributed by atoms with van der Waals surface area (Å²) in [5.41, 5.74) is 2.24. The number of methoxy groups -OCH3 is 1. The van der Waals surface area contributed by atoms with Crippen LogP contribution in [0.15, 0.2) is 18.2 Å². The molecule has 0 aliphatic rings. The van der Waals surface area contributed by atoms with Crippen molar-refractivity contribution in [1.82, 2.24) is 4.98 Å². The van der Waals surface area contributed by atoms with E-state index in [-0.39, 0.29) is 0 Å². The maximum Gasteiger partial charge on any atom is 0.0907 e. The maximum absolute atomic E-state index is 5.12. The van der Waals surface area contributed by atoms with Crippen LogP contribution in [0.5, 0.6) is 0 Å². The van der Waals surface area contributed by atoms with Gasteiger partial charge in [0.15, 0.2) is 0 Å². The molecule has 0 aliphatic carbocycles. The molecule has 2 rings (SSSR count). The lowest BCUT2D eigenvalue weighted by Gasteiger charge is -2.12. The molecule has 92 valence electrons. The van der Waals surface area contributed by atoms with E-state index in [4.69, 9.17) is 4.74 Å². The zero-order valence-electron chi connectivity index (χ0n) is 10.5. The van der Waals surface area contributed by atoms with Gasteiger partial charge in [-0.25, -0.2) is 4.98 Å². The summed E-state index contributed by atoms with van der Waals surface area (Å²) in [4.78, 5) is 4.45. The van der Waals surface area contributed by atoms with Crippen molar-refractivity contribution in [3.63, 3.8) is 0 Å². The second-order valence-electron chi connectivity index (χ2n) is 4.36. The van der Waals surface area contributed by atoms with Gasteiger partial charge in [0, 0.05) is 19.3 Å². The van der Waals surface area contributed by atoms with Crippen LogP contribution >= 0.6 is 11.3 Å². The fourth-order valence-electron chi connectivity index (χ4n) is 1.79. The van der Waals surface area contributed by atoms with E-state index in [2.05, 4.69) is 35.4 Å². The van der Waals surface area contributed by atoms with E-state index in [1.165, 1.54) is 4.70 Å². The van der Waals surface area contributed by atoms with Gasteiger partial charge >= 0.3 is 0 Å². The number of ether oxygens (including phenoxy) is 1. The Morgan fingerprint density at radius 2 is 2.29 bits per heavy atom. The van der Waals surface area contributed by atoms with Crippen molar-refractivity contribution in [1.29, 1.82) is 0 Å². The van der Waals surface area contributed by atoms with Crippen LogP contribution in [-0.2, 0) is 4.74 Å². The third-order valence-electron chi connectivity index (χ3n) is 2.60. The molecule has 1 aromatic carbocycles. The first-order valence-corrected chi connectivity index (χ1v) is 6.60. The average molecular weight is 250 g/mol. The van der Waals surface area contributed by atoms with Gasteiger partial charge in [0.05, 0.1) is 21.8 Å². The summed E-state index contributed by atoms with van der Waals surface area (Å²) < 4.78 is 6.36. The average Bonchev–Trinajstić information content (AvgIpc) is 2.66. The monoisotopic (exact) mass is 250 g/mol. The van der Waals surface area contributed by atoms with Crippen molar-refractivity contribution >= 4 is 27.2 Å². The predicted octanol–water partition coefficient (Wildman–Crippen LogP) is 3.30. The predicted molar refractivity (Wildman–Crippen MR) is 73.9 cm³/mol. The van der Waals surface area contributed by atoms with Crippen LogP contribution in [0.3, 0.4) is 0 Å². The van der Waals surface area contributed by atoms with Crippen LogP contribution in [0, 0.1) is 12.8 Å². The molecule has 0 fully saturated rings. The second kappa shape index (κ2) is 5.47. The number of anilines is 1. The molecule has 1 atom stereocenters. The van der Waals surface area contributed by atoms with Gasteiger partial charge in [-0.05, 0) is 31.0 Å². The summed E-state index contributed by atoms with van der Waals surface area (Å²) >= 11 is 1.74. The summed E-state index contributed by atoms with van der Waals surface area (Å²) in [5, 5.41) is 4.55. The Kier molecular flexibility index (Phi) is 3.97. The van der Waals surface area contributed by atoms with Crippen molar-refractivity contribution in [3.05, 3.63) is 23.2 Å². The molecule has 3 nitrogen and oxygen atoms in total. The number of aromatic nitrogens is 1. The molecule has 1 aromatic heterocycles. The minimum absolute atomic E-state index is 0.513. The standard InChI is InChI=1S/C13H18N2OS/c1-9(8-16-3)7-14-11-4-5-12-13(6-11)17-10(2)15-12/h4-6,9,14H,7-8H2,1-3H3. The Hall–Kier alpha value is -1.13. The molecular weight excluding hydrogens is 232 g/mol. The Balaban J connectivity index is 2.03. The van der Waals surface area contributed by atoms with Crippen molar-refractivity contribution < 1.29 is 4.74 Å². The van der Waals surface area contributed by atoms with E-state index < -0.39 is 0 Å². The largest absolute Gasteiger partial charge is 0.385 e. The highest BCUT2D eigenvalue weighted by Crippen LogP contribution is 2.24. The molecule has 4 heteroatoms. The summed E-state index contributed by atoms with van der Waals surface area (Å²) in [7, 11) is 1.74. The minimum Gasteiger partial charge on any atom is -0.385 e. The van der Waals surface area contributed by atoms with Crippen LogP contribution in [0.1, 0.15) is 11.9 Å². The van der Waals surface area contributed by atoms with E-state index in [1.807, 2.05) is 6.92 Å². The number of nitrogens with one attached hydrogen (secondary N) is 1. The quantitative estimate of drug-likeness (QED) is 0.884. The van der Waals surface area contributed by atoms with E-state index in [9.17, 15) is 0 Å². The molecule has 1 heterocycles. The van der Waals surface area contributed by atoms with Gasteiger partial charge in [-0.15, -0.1) is 11.3 Å². The van der Waals surface area contributed by atoms with Crippen LogP contribution in [0.2, 0.25) is 0 Å². The molecule has 0 bridgehead atoms. The third-order valence-corrected chi connectivity index (χ3v) is 3.53. The van der Waals surface area contributed by atoms with Crippen molar-refractivity contribution in [2.24, 2.45) is 5.92 Å². The first-order chi connectivity index (χ1) is 8.19. The maximum atomic E-state index is 5.12. The molecule has 2 aromatic rings. The zero-order valence-corrected chi connectivity index (χ0v) is 11.3. The number of nitrogens with zero attached hydrogens (tertiary/aromatic N) is 1. The third kappa shape index (κ3) is 3.17. The smallest absolute Gasteiger partial charge is 0.0907 e. The van der Waals surface area contributed by atoms with Gasteiger partial charge in [0.2, 0.25) is 0 Å². The second-order valence-corrected chi connectivity index (χ2v) is 5.59. The molecule has 0 amide bonds. The number of thiazole rings is 1. The molecule has 0 spiro atoms. The lowest BCUT2D eigenvalue weighted by Crippen LogP contribution is -2.15. The minimum atomic E-state index is 0.513. The molecule has 0 saturated carbocycles. The van der Waals surface area contributed by atoms with E-state index >= 15 is 0 Å². The highest BCUT2D eigenvalue weighted by molar-refractivity contribution is 7.18. The van der Waals surface area contributed by atoms with Crippen molar-refractivity contribution in [2.45, 2.75) is 13.8 Å². The van der Waals surface area contributed by atoms with E-state index in [0.29, 0.717) is 5.92 Å². The van der Waals surface area contributed by atoms with Crippen LogP contribution in [0.25, 0.3) is 10.2 Å². The number of hydrogen-bond acceptors (Lipinski definition) is 4. The molecule has 0 saturated heterocycles. The number of fused-ring (bicyclic) bond motifs is 1. The summed E-state index contributed by atoms with van der Waals surface area (Å²) in [6.07, 6.45) is 0. The van der Waals surface area contributed by atoms with Gasteiger partial charge in [-0.2, -0.15) is 0 Å². The van der Waals surface area contributed by atoms with E-state index in [0.717, 1.165) is 29.4 Å². The fraction of sp³-hybridized carbons (Fsp3) is 0.462. The SMILES string of the molecule is COCC(C)CNc1ccc2nc(C)sc2c1. The molecule has 17 heavy (non-hydrogen) atoms.